The fraction of sp³-hybridized carbons (Fsp3) is 0.176. The van der Waals surface area contributed by atoms with Gasteiger partial charge in [-0.1, -0.05) is 12.1 Å². The van der Waals surface area contributed by atoms with E-state index in [1.807, 2.05) is 42.5 Å². The van der Waals surface area contributed by atoms with Crippen molar-refractivity contribution >= 4 is 22.9 Å². The van der Waals surface area contributed by atoms with Gasteiger partial charge in [-0.15, -0.1) is 0 Å². The van der Waals surface area contributed by atoms with Crippen molar-refractivity contribution in [1.82, 2.24) is 4.98 Å². The van der Waals surface area contributed by atoms with Gasteiger partial charge in [0.15, 0.2) is 11.5 Å². The second kappa shape index (κ2) is 5.45. The molecule has 122 valence electrons. The molecule has 24 heavy (non-hydrogen) atoms. The van der Waals surface area contributed by atoms with E-state index >= 15 is 0 Å². The zero-order valence-corrected chi connectivity index (χ0v) is 13.4. The van der Waals surface area contributed by atoms with Gasteiger partial charge in [-0.25, -0.2) is 14.9 Å². The highest BCUT2D eigenvalue weighted by atomic mass is 16.5. The molecular formula is C17H18N5O2+. The number of hydrogen-bond donors (Lipinski definition) is 3. The average Bonchev–Trinajstić information content (AvgIpc) is 2.98. The van der Waals surface area contributed by atoms with Crippen molar-refractivity contribution in [2.24, 2.45) is 10.7 Å². The number of nitrogens with two attached hydrogens (primary N) is 1. The minimum atomic E-state index is -0.294. The molecule has 2 heterocycles. The number of aromatic nitrogens is 2. The molecule has 1 aliphatic heterocycles. The van der Waals surface area contributed by atoms with Crippen LogP contribution in [0.25, 0.3) is 11.0 Å². The number of rotatable bonds is 3. The van der Waals surface area contributed by atoms with Crippen molar-refractivity contribution in [2.45, 2.75) is 6.17 Å². The number of guanidine groups is 1. The molecule has 0 aliphatic carbocycles. The number of benzene rings is 2. The molecule has 0 fully saturated rings. The number of H-pyrrole nitrogens is 1. The largest absolute Gasteiger partial charge is 0.493 e. The fourth-order valence-electron chi connectivity index (χ4n) is 3.02. The maximum atomic E-state index is 5.98. The summed E-state index contributed by atoms with van der Waals surface area (Å²) in [6, 6.07) is 13.8. The summed E-state index contributed by atoms with van der Waals surface area (Å²) < 4.78 is 12.8. The number of anilines is 1. The third kappa shape index (κ3) is 2.13. The number of para-hydroxylation sites is 2. The van der Waals surface area contributed by atoms with Gasteiger partial charge < -0.3 is 15.2 Å². The van der Waals surface area contributed by atoms with Crippen LogP contribution in [0.4, 0.5) is 5.95 Å². The zero-order chi connectivity index (χ0) is 16.7. The zero-order valence-electron chi connectivity index (χ0n) is 13.4. The predicted octanol–water partition coefficient (Wildman–Crippen LogP) is 1.76. The molecular weight excluding hydrogens is 306 g/mol. The second-order valence-electron chi connectivity index (χ2n) is 5.49. The number of hydrogen-bond acceptors (Lipinski definition) is 5. The number of methoxy groups -OCH3 is 2. The number of ether oxygens (including phenoxy) is 2. The lowest BCUT2D eigenvalue weighted by Gasteiger charge is -2.19. The molecule has 7 heteroatoms. The van der Waals surface area contributed by atoms with Crippen LogP contribution in [0.1, 0.15) is 11.7 Å². The Labute approximate surface area is 138 Å². The van der Waals surface area contributed by atoms with Gasteiger partial charge in [0.05, 0.1) is 14.2 Å². The molecule has 0 amide bonds. The smallest absolute Gasteiger partial charge is 0.365 e. The van der Waals surface area contributed by atoms with Crippen LogP contribution in [0.3, 0.4) is 0 Å². The molecule has 4 rings (SSSR count). The van der Waals surface area contributed by atoms with E-state index in [0.29, 0.717) is 17.5 Å². The molecule has 1 aliphatic rings. The highest BCUT2D eigenvalue weighted by Crippen LogP contribution is 2.32. The first-order chi connectivity index (χ1) is 11.7. The van der Waals surface area contributed by atoms with Gasteiger partial charge in [0.1, 0.15) is 11.0 Å². The molecule has 0 radical (unpaired) electrons. The lowest BCUT2D eigenvalue weighted by atomic mass is 10.1. The van der Waals surface area contributed by atoms with E-state index < -0.39 is 0 Å². The first-order valence-corrected chi connectivity index (χ1v) is 7.55. The number of fused-ring (bicyclic) bond motifs is 3. The molecule has 0 unspecified atom stereocenters. The van der Waals surface area contributed by atoms with Gasteiger partial charge in [0, 0.05) is 5.56 Å². The number of nitrogens with zero attached hydrogens (tertiary/aromatic N) is 2. The molecule has 2 aromatic carbocycles. The van der Waals surface area contributed by atoms with E-state index in [2.05, 4.69) is 19.9 Å². The van der Waals surface area contributed by atoms with Crippen LogP contribution in [0.5, 0.6) is 11.5 Å². The highest BCUT2D eigenvalue weighted by Gasteiger charge is 2.31. The van der Waals surface area contributed by atoms with Crippen molar-refractivity contribution in [1.29, 1.82) is 0 Å². The van der Waals surface area contributed by atoms with Gasteiger partial charge >= 0.3 is 5.95 Å². The van der Waals surface area contributed by atoms with Gasteiger partial charge in [-0.3, -0.25) is 0 Å². The van der Waals surface area contributed by atoms with Crippen LogP contribution >= 0.6 is 0 Å². The number of aliphatic imine (C=N–C) groups is 1. The molecule has 0 saturated heterocycles. The van der Waals surface area contributed by atoms with Crippen LogP contribution in [-0.2, 0) is 0 Å². The van der Waals surface area contributed by atoms with Gasteiger partial charge in [-0.05, 0) is 30.3 Å². The summed E-state index contributed by atoms with van der Waals surface area (Å²) in [7, 11) is 3.23. The summed E-state index contributed by atoms with van der Waals surface area (Å²) in [5.74, 6) is 2.49. The van der Waals surface area contributed by atoms with E-state index in [4.69, 9.17) is 15.2 Å². The Balaban J connectivity index is 1.91. The quantitative estimate of drug-likeness (QED) is 0.641. The third-order valence-electron chi connectivity index (χ3n) is 4.12. The average molecular weight is 324 g/mol. The highest BCUT2D eigenvalue weighted by molar-refractivity contribution is 5.92. The normalized spacial score (nSPS) is 16.2. The third-order valence-corrected chi connectivity index (χ3v) is 4.12. The Bertz CT molecular complexity index is 947. The van der Waals surface area contributed by atoms with Crippen LogP contribution in [0, 0.1) is 0 Å². The van der Waals surface area contributed by atoms with Crippen LogP contribution in [0.2, 0.25) is 0 Å². The van der Waals surface area contributed by atoms with Crippen LogP contribution in [0.15, 0.2) is 47.5 Å². The summed E-state index contributed by atoms with van der Waals surface area (Å²) in [4.78, 5) is 7.91. The minimum Gasteiger partial charge on any atom is -0.493 e. The van der Waals surface area contributed by atoms with Crippen molar-refractivity contribution in [3.63, 3.8) is 0 Å². The molecule has 0 spiro atoms. The molecule has 4 N–H and O–H groups in total. The van der Waals surface area contributed by atoms with Gasteiger partial charge in [0.25, 0.3) is 5.96 Å². The van der Waals surface area contributed by atoms with Crippen molar-refractivity contribution in [3.8, 4) is 11.5 Å². The Morgan fingerprint density at radius 3 is 2.67 bits per heavy atom. The van der Waals surface area contributed by atoms with Crippen LogP contribution < -0.4 is 25.1 Å². The molecule has 7 nitrogen and oxygen atoms in total. The number of nitrogens with one attached hydrogen (secondary N) is 2. The van der Waals surface area contributed by atoms with Crippen molar-refractivity contribution in [2.75, 3.05) is 19.5 Å². The summed E-state index contributed by atoms with van der Waals surface area (Å²) in [6.45, 7) is 0. The Morgan fingerprint density at radius 1 is 1.08 bits per heavy atom. The summed E-state index contributed by atoms with van der Waals surface area (Å²) in [5.41, 5.74) is 8.97. The topological polar surface area (TPSA) is 88.5 Å². The number of aromatic amines is 1. The van der Waals surface area contributed by atoms with E-state index in [9.17, 15) is 0 Å². The molecule has 0 bridgehead atoms. The first kappa shape index (κ1) is 14.4. The Hall–Kier alpha value is -3.22. The standard InChI is InChI=1S/C17H17N5O2/c1-23-13-8-7-10(9-14(13)24-2)15-20-16(18)21-17-19-11-5-3-4-6-12(11)22(15)17/h3-9,15H,1-2H3,(H3,18,19,20,21)/p+1/t15-/m1/s1. The molecule has 0 saturated carbocycles. The first-order valence-electron chi connectivity index (χ1n) is 7.55. The maximum absolute atomic E-state index is 5.98. The number of imidazole rings is 1. The maximum Gasteiger partial charge on any atom is 0.365 e. The monoisotopic (exact) mass is 324 g/mol. The molecule has 1 aromatic heterocycles. The van der Waals surface area contributed by atoms with Gasteiger partial charge in [0.2, 0.25) is 6.17 Å². The lowest BCUT2D eigenvalue weighted by molar-refractivity contribution is -0.674. The van der Waals surface area contributed by atoms with E-state index in [0.717, 1.165) is 22.5 Å². The predicted molar refractivity (Wildman–Crippen MR) is 91.4 cm³/mol. The SMILES string of the molecule is COc1ccc([C@@H]2N=C(N)Nc3[nH]c4ccccc4[n+]32)cc1OC. The summed E-state index contributed by atoms with van der Waals surface area (Å²) in [6.07, 6.45) is -0.294. The van der Waals surface area contributed by atoms with Crippen molar-refractivity contribution < 1.29 is 14.0 Å². The second-order valence-corrected chi connectivity index (χ2v) is 5.49. The van der Waals surface area contributed by atoms with Crippen LogP contribution in [-0.4, -0.2) is 25.2 Å². The Morgan fingerprint density at radius 2 is 1.88 bits per heavy atom. The fourth-order valence-corrected chi connectivity index (χ4v) is 3.02. The molecule has 1 atom stereocenters. The molecule has 3 aromatic rings. The van der Waals surface area contributed by atoms with E-state index in [1.54, 1.807) is 14.2 Å². The van der Waals surface area contributed by atoms with E-state index in [-0.39, 0.29) is 6.17 Å². The minimum absolute atomic E-state index is 0.294. The lowest BCUT2D eigenvalue weighted by Crippen LogP contribution is -2.48. The Kier molecular flexibility index (Phi) is 3.26. The van der Waals surface area contributed by atoms with E-state index in [1.165, 1.54) is 0 Å². The van der Waals surface area contributed by atoms with Crippen molar-refractivity contribution in [3.05, 3.63) is 48.0 Å². The summed E-state index contributed by atoms with van der Waals surface area (Å²) in [5, 5.41) is 3.08. The summed E-state index contributed by atoms with van der Waals surface area (Å²) >= 11 is 0. The van der Waals surface area contributed by atoms with Gasteiger partial charge in [-0.2, -0.15) is 4.99 Å².